The number of benzene rings is 3. The normalized spacial score (nSPS) is 20.8. The predicted octanol–water partition coefficient (Wildman–Crippen LogP) is 4.98. The minimum Gasteiger partial charge on any atom is -0.273 e. The second kappa shape index (κ2) is 7.10. The molecule has 1 unspecified atom stereocenters. The van der Waals surface area contributed by atoms with E-state index in [1.165, 1.54) is 0 Å². The lowest BCUT2D eigenvalue weighted by Gasteiger charge is -2.29. The molecule has 2 aliphatic carbocycles. The molecule has 0 radical (unpaired) electrons. The van der Waals surface area contributed by atoms with E-state index < -0.39 is 21.3 Å². The van der Waals surface area contributed by atoms with Crippen molar-refractivity contribution in [1.29, 1.82) is 0 Å². The van der Waals surface area contributed by atoms with Gasteiger partial charge in [-0.2, -0.15) is 0 Å². The first-order valence-corrected chi connectivity index (χ1v) is 12.1. The average molecular weight is 440 g/mol. The molecule has 154 valence electrons. The van der Waals surface area contributed by atoms with E-state index in [4.69, 9.17) is 11.6 Å². The topological polar surface area (TPSA) is 63.2 Å². The van der Waals surface area contributed by atoms with Crippen LogP contribution in [0.1, 0.15) is 36.8 Å². The molecule has 1 atom stereocenters. The molecule has 6 heteroatoms. The van der Waals surface area contributed by atoms with Gasteiger partial charge in [0.2, 0.25) is 5.91 Å². The Morgan fingerprint density at radius 3 is 2.57 bits per heavy atom. The maximum absolute atomic E-state index is 13.6. The van der Waals surface area contributed by atoms with Gasteiger partial charge >= 0.3 is 0 Å². The molecule has 1 saturated carbocycles. The lowest BCUT2D eigenvalue weighted by molar-refractivity contribution is -0.125. The summed E-state index contributed by atoms with van der Waals surface area (Å²) in [6.45, 7) is 0. The van der Waals surface area contributed by atoms with Crippen molar-refractivity contribution in [1.82, 2.24) is 4.72 Å². The quantitative estimate of drug-likeness (QED) is 0.609. The monoisotopic (exact) mass is 439 g/mol. The summed E-state index contributed by atoms with van der Waals surface area (Å²) in [4.78, 5) is 13.7. The molecule has 1 amide bonds. The predicted molar refractivity (Wildman–Crippen MR) is 118 cm³/mol. The largest absolute Gasteiger partial charge is 0.273 e. The van der Waals surface area contributed by atoms with Crippen molar-refractivity contribution < 1.29 is 13.2 Å². The van der Waals surface area contributed by atoms with Gasteiger partial charge in [-0.25, -0.2) is 13.1 Å². The van der Waals surface area contributed by atoms with Crippen LogP contribution in [0.15, 0.2) is 65.6 Å². The smallest absolute Gasteiger partial charge is 0.264 e. The lowest BCUT2D eigenvalue weighted by atomic mass is 9.76. The number of rotatable bonds is 5. The Kier molecular flexibility index (Phi) is 4.64. The highest BCUT2D eigenvalue weighted by atomic mass is 35.5. The van der Waals surface area contributed by atoms with Crippen LogP contribution in [0.25, 0.3) is 10.8 Å². The molecule has 3 aromatic carbocycles. The molecular formula is C24H22ClNO3S. The summed E-state index contributed by atoms with van der Waals surface area (Å²) in [5, 5.41) is 2.07. The molecule has 0 bridgehead atoms. The zero-order chi connectivity index (χ0) is 20.9. The number of halogens is 1. The first-order chi connectivity index (χ1) is 14.4. The zero-order valence-corrected chi connectivity index (χ0v) is 18.0. The minimum atomic E-state index is -4.02. The Balaban J connectivity index is 1.55. The SMILES string of the molecule is O=C(NS(=O)(=O)c1cccc2ccccc12)C1(CC2CC2)CCc2c(Cl)cccc21. The fourth-order valence-corrected chi connectivity index (χ4v) is 6.35. The number of carbonyl (C=O) groups is 1. The van der Waals surface area contributed by atoms with Gasteiger partial charge in [-0.1, -0.05) is 73.0 Å². The number of sulfonamides is 1. The number of amides is 1. The van der Waals surface area contributed by atoms with Crippen LogP contribution >= 0.6 is 11.6 Å². The maximum Gasteiger partial charge on any atom is 0.264 e. The van der Waals surface area contributed by atoms with Crippen LogP contribution in [0, 0.1) is 5.92 Å². The van der Waals surface area contributed by atoms with Gasteiger partial charge in [0, 0.05) is 10.4 Å². The second-order valence-corrected chi connectivity index (χ2v) is 10.5. The summed E-state index contributed by atoms with van der Waals surface area (Å²) in [6.07, 6.45) is 4.10. The Labute approximate surface area is 181 Å². The van der Waals surface area contributed by atoms with Gasteiger partial charge in [0.05, 0.1) is 10.3 Å². The van der Waals surface area contributed by atoms with E-state index in [9.17, 15) is 13.2 Å². The van der Waals surface area contributed by atoms with Crippen molar-refractivity contribution >= 4 is 38.3 Å². The summed E-state index contributed by atoms with van der Waals surface area (Å²) in [5.41, 5.74) is 1.00. The van der Waals surface area contributed by atoms with Gasteiger partial charge in [0.15, 0.2) is 0 Å². The molecule has 0 aliphatic heterocycles. The van der Waals surface area contributed by atoms with Crippen LogP contribution in [0.4, 0.5) is 0 Å². The Bertz CT molecular complexity index is 1260. The van der Waals surface area contributed by atoms with E-state index >= 15 is 0 Å². The molecule has 1 fully saturated rings. The van der Waals surface area contributed by atoms with Gasteiger partial charge in [-0.15, -0.1) is 0 Å². The van der Waals surface area contributed by atoms with E-state index in [2.05, 4.69) is 4.72 Å². The highest BCUT2D eigenvalue weighted by molar-refractivity contribution is 7.90. The third-order valence-corrected chi connectivity index (χ3v) is 8.21. The molecular weight excluding hydrogens is 418 g/mol. The number of nitrogens with one attached hydrogen (secondary N) is 1. The van der Waals surface area contributed by atoms with E-state index in [0.29, 0.717) is 35.6 Å². The summed E-state index contributed by atoms with van der Waals surface area (Å²) in [6, 6.07) is 18.0. The first kappa shape index (κ1) is 19.6. The Morgan fingerprint density at radius 2 is 1.77 bits per heavy atom. The van der Waals surface area contributed by atoms with Crippen molar-refractivity contribution in [3.63, 3.8) is 0 Å². The molecule has 2 aliphatic rings. The van der Waals surface area contributed by atoms with Crippen LogP contribution in [-0.4, -0.2) is 14.3 Å². The molecule has 0 aromatic heterocycles. The third-order valence-electron chi connectivity index (χ3n) is 6.47. The molecule has 1 N–H and O–H groups in total. The van der Waals surface area contributed by atoms with Gasteiger partial charge in [0.1, 0.15) is 0 Å². The molecule has 0 spiro atoms. The standard InChI is InChI=1S/C24H22ClNO3S/c25-21-9-4-8-20-19(21)13-14-24(20,15-16-11-12-16)23(27)26-30(28,29)22-10-3-6-17-5-1-2-7-18(17)22/h1-10,16H,11-15H2,(H,26,27). The van der Waals surface area contributed by atoms with Crippen molar-refractivity contribution in [2.45, 2.75) is 42.4 Å². The van der Waals surface area contributed by atoms with Crippen molar-refractivity contribution in [3.05, 3.63) is 76.8 Å². The van der Waals surface area contributed by atoms with Crippen LogP contribution < -0.4 is 4.72 Å². The maximum atomic E-state index is 13.6. The Morgan fingerprint density at radius 1 is 1.03 bits per heavy atom. The van der Waals surface area contributed by atoms with Crippen LogP contribution in [0.5, 0.6) is 0 Å². The van der Waals surface area contributed by atoms with Gasteiger partial charge in [0.25, 0.3) is 10.0 Å². The summed E-state index contributed by atoms with van der Waals surface area (Å²) in [5.74, 6) is 0.0179. The molecule has 30 heavy (non-hydrogen) atoms. The molecule has 5 rings (SSSR count). The molecule has 0 saturated heterocycles. The zero-order valence-electron chi connectivity index (χ0n) is 16.4. The van der Waals surface area contributed by atoms with E-state index in [1.807, 2.05) is 36.4 Å². The number of carbonyl (C=O) groups excluding carboxylic acids is 1. The summed E-state index contributed by atoms with van der Waals surface area (Å²) in [7, 11) is -4.02. The van der Waals surface area contributed by atoms with E-state index in [-0.39, 0.29) is 4.90 Å². The molecule has 3 aromatic rings. The van der Waals surface area contributed by atoms with Gasteiger partial charge in [-0.05, 0) is 53.8 Å². The lowest BCUT2D eigenvalue weighted by Crippen LogP contribution is -2.46. The third kappa shape index (κ3) is 3.21. The van der Waals surface area contributed by atoms with Crippen LogP contribution in [-0.2, 0) is 26.7 Å². The van der Waals surface area contributed by atoms with Crippen LogP contribution in [0.2, 0.25) is 5.02 Å². The minimum absolute atomic E-state index is 0.125. The van der Waals surface area contributed by atoms with Gasteiger partial charge < -0.3 is 0 Å². The van der Waals surface area contributed by atoms with E-state index in [1.54, 1.807) is 24.3 Å². The number of hydrogen-bond donors (Lipinski definition) is 1. The summed E-state index contributed by atoms with van der Waals surface area (Å²) >= 11 is 6.40. The van der Waals surface area contributed by atoms with Crippen LogP contribution in [0.3, 0.4) is 0 Å². The van der Waals surface area contributed by atoms with Crippen molar-refractivity contribution in [3.8, 4) is 0 Å². The first-order valence-electron chi connectivity index (χ1n) is 10.2. The highest BCUT2D eigenvalue weighted by Crippen LogP contribution is 2.50. The van der Waals surface area contributed by atoms with Crippen molar-refractivity contribution in [2.24, 2.45) is 5.92 Å². The fourth-order valence-electron chi connectivity index (χ4n) is 4.79. The second-order valence-electron chi connectivity index (χ2n) is 8.41. The highest BCUT2D eigenvalue weighted by Gasteiger charge is 2.49. The number of fused-ring (bicyclic) bond motifs is 2. The number of hydrogen-bond acceptors (Lipinski definition) is 3. The Hall–Kier alpha value is -2.37. The average Bonchev–Trinajstić information content (AvgIpc) is 3.46. The molecule has 0 heterocycles. The summed E-state index contributed by atoms with van der Waals surface area (Å²) < 4.78 is 29.0. The fraction of sp³-hybridized carbons (Fsp3) is 0.292. The van der Waals surface area contributed by atoms with Crippen molar-refractivity contribution in [2.75, 3.05) is 0 Å². The van der Waals surface area contributed by atoms with Gasteiger partial charge in [-0.3, -0.25) is 4.79 Å². The van der Waals surface area contributed by atoms with E-state index in [0.717, 1.165) is 29.4 Å². The molecule has 4 nitrogen and oxygen atoms in total.